The van der Waals surface area contributed by atoms with E-state index in [4.69, 9.17) is 4.74 Å². The molecule has 2 bridgehead atoms. The minimum Gasteiger partial charge on any atom is -0.370 e. The molecule has 3 saturated heterocycles. The molecule has 4 heterocycles. The van der Waals surface area contributed by atoms with Gasteiger partial charge in [0.15, 0.2) is 0 Å². The number of aromatic nitrogens is 1. The van der Waals surface area contributed by atoms with Crippen LogP contribution in [0.3, 0.4) is 0 Å². The summed E-state index contributed by atoms with van der Waals surface area (Å²) in [5, 5.41) is 3.15. The second-order valence-corrected chi connectivity index (χ2v) is 8.34. The number of hydrogen-bond acceptors (Lipinski definition) is 4. The van der Waals surface area contributed by atoms with Crippen LogP contribution in [0.25, 0.3) is 0 Å². The number of hydrogen-bond donors (Lipinski definition) is 1. The van der Waals surface area contributed by atoms with Crippen molar-refractivity contribution in [3.05, 3.63) is 30.1 Å². The molecule has 0 unspecified atom stereocenters. The lowest BCUT2D eigenvalue weighted by Crippen LogP contribution is -2.41. The summed E-state index contributed by atoms with van der Waals surface area (Å²) in [5.41, 5.74) is 0.770. The number of rotatable bonds is 4. The molecule has 1 aliphatic carbocycles. The lowest BCUT2D eigenvalue weighted by Gasteiger charge is -2.29. The first kappa shape index (κ1) is 15.8. The first-order valence-electron chi connectivity index (χ1n) is 9.85. The third-order valence-electron chi connectivity index (χ3n) is 7.09. The molecule has 0 aromatic carbocycles. The van der Waals surface area contributed by atoms with Crippen molar-refractivity contribution in [2.24, 2.45) is 11.8 Å². The molecule has 5 heteroatoms. The molecule has 0 radical (unpaired) electrons. The fourth-order valence-corrected chi connectivity index (χ4v) is 5.86. The minimum absolute atomic E-state index is 0.00451. The number of pyridine rings is 1. The third-order valence-corrected chi connectivity index (χ3v) is 7.09. The average molecular weight is 341 g/mol. The van der Waals surface area contributed by atoms with Gasteiger partial charge in [0.05, 0.1) is 11.7 Å². The van der Waals surface area contributed by atoms with Crippen molar-refractivity contribution in [3.8, 4) is 0 Å². The SMILES string of the molecule is O=C(NC[C@H]1[C@H]2CN(C3CCCC3)C[C@]23CC[C@H]1O3)c1ccncc1. The number of fused-ring (bicyclic) bond motifs is 1. The summed E-state index contributed by atoms with van der Waals surface area (Å²) >= 11 is 0. The van der Waals surface area contributed by atoms with Gasteiger partial charge in [0, 0.05) is 55.5 Å². The number of nitrogens with zero attached hydrogens (tertiary/aromatic N) is 2. The number of amides is 1. The Morgan fingerprint density at radius 1 is 1.28 bits per heavy atom. The van der Waals surface area contributed by atoms with E-state index in [9.17, 15) is 4.79 Å². The highest BCUT2D eigenvalue weighted by Crippen LogP contribution is 2.55. The molecular weight excluding hydrogens is 314 g/mol. The molecule has 5 rings (SSSR count). The molecular formula is C20H27N3O2. The van der Waals surface area contributed by atoms with E-state index < -0.39 is 0 Å². The maximum absolute atomic E-state index is 12.4. The van der Waals surface area contributed by atoms with Crippen LogP contribution in [-0.2, 0) is 4.74 Å². The highest BCUT2D eigenvalue weighted by molar-refractivity contribution is 5.93. The molecule has 1 aromatic rings. The van der Waals surface area contributed by atoms with Gasteiger partial charge < -0.3 is 10.1 Å². The van der Waals surface area contributed by atoms with Gasteiger partial charge in [0.1, 0.15) is 0 Å². The highest BCUT2D eigenvalue weighted by atomic mass is 16.5. The molecule has 4 atom stereocenters. The van der Waals surface area contributed by atoms with Crippen LogP contribution in [0.1, 0.15) is 48.9 Å². The number of likely N-dealkylation sites (tertiary alicyclic amines) is 1. The quantitative estimate of drug-likeness (QED) is 0.912. The summed E-state index contributed by atoms with van der Waals surface area (Å²) < 4.78 is 6.52. The van der Waals surface area contributed by atoms with Crippen LogP contribution in [-0.4, -0.2) is 53.2 Å². The van der Waals surface area contributed by atoms with Gasteiger partial charge in [0.2, 0.25) is 0 Å². The Bertz CT molecular complexity index is 646. The lowest BCUT2D eigenvalue weighted by molar-refractivity contribution is -0.000874. The largest absolute Gasteiger partial charge is 0.370 e. The summed E-state index contributed by atoms with van der Waals surface area (Å²) in [5.74, 6) is 1.06. The number of carbonyl (C=O) groups excluding carboxylic acids is 1. The Kier molecular flexibility index (Phi) is 3.82. The fraction of sp³-hybridized carbons (Fsp3) is 0.700. The van der Waals surface area contributed by atoms with Crippen molar-refractivity contribution in [3.63, 3.8) is 0 Å². The van der Waals surface area contributed by atoms with Crippen LogP contribution in [0.15, 0.2) is 24.5 Å². The van der Waals surface area contributed by atoms with Crippen LogP contribution in [0, 0.1) is 11.8 Å². The Morgan fingerprint density at radius 3 is 2.88 bits per heavy atom. The van der Waals surface area contributed by atoms with E-state index in [1.807, 2.05) is 0 Å². The Hall–Kier alpha value is -1.46. The number of nitrogens with one attached hydrogen (secondary N) is 1. The van der Waals surface area contributed by atoms with Crippen molar-refractivity contribution in [2.45, 2.75) is 56.3 Å². The molecule has 1 aromatic heterocycles. The van der Waals surface area contributed by atoms with Gasteiger partial charge in [0.25, 0.3) is 5.91 Å². The normalized spacial score (nSPS) is 37.5. The Balaban J connectivity index is 1.26. The maximum atomic E-state index is 12.4. The summed E-state index contributed by atoms with van der Waals surface area (Å²) in [4.78, 5) is 19.1. The van der Waals surface area contributed by atoms with Gasteiger partial charge >= 0.3 is 0 Å². The third kappa shape index (κ3) is 2.59. The van der Waals surface area contributed by atoms with E-state index in [1.165, 1.54) is 32.1 Å². The van der Waals surface area contributed by atoms with Crippen LogP contribution in [0.4, 0.5) is 0 Å². The van der Waals surface area contributed by atoms with E-state index in [2.05, 4.69) is 15.2 Å². The van der Waals surface area contributed by atoms with E-state index in [0.717, 1.165) is 32.1 Å². The highest BCUT2D eigenvalue weighted by Gasteiger charge is 2.63. The van der Waals surface area contributed by atoms with Gasteiger partial charge in [-0.05, 0) is 37.8 Å². The van der Waals surface area contributed by atoms with E-state index in [1.54, 1.807) is 24.5 Å². The maximum Gasteiger partial charge on any atom is 0.251 e. The van der Waals surface area contributed by atoms with Crippen molar-refractivity contribution >= 4 is 5.91 Å². The van der Waals surface area contributed by atoms with Crippen LogP contribution < -0.4 is 5.32 Å². The molecule has 1 spiro atoms. The van der Waals surface area contributed by atoms with Gasteiger partial charge in [-0.3, -0.25) is 14.7 Å². The molecule has 4 aliphatic rings. The van der Waals surface area contributed by atoms with Crippen molar-refractivity contribution in [1.29, 1.82) is 0 Å². The smallest absolute Gasteiger partial charge is 0.251 e. The summed E-state index contributed by atoms with van der Waals surface area (Å²) in [6.07, 6.45) is 11.5. The predicted molar refractivity (Wildman–Crippen MR) is 94.2 cm³/mol. The van der Waals surface area contributed by atoms with E-state index in [0.29, 0.717) is 23.5 Å². The molecule has 4 fully saturated rings. The first-order chi connectivity index (χ1) is 12.3. The standard InChI is InChI=1S/C20H27N3O2/c24-19(14-6-9-21-10-7-14)22-11-16-17-12-23(15-3-1-2-4-15)13-20(17)8-5-18(16)25-20/h6-7,9-10,15-18H,1-5,8,11-13H2,(H,22,24)/t16-,17+,18+,20+/m0/s1. The predicted octanol–water partition coefficient (Wildman–Crippen LogP) is 2.23. The van der Waals surface area contributed by atoms with Crippen molar-refractivity contribution < 1.29 is 9.53 Å². The fourth-order valence-electron chi connectivity index (χ4n) is 5.86. The Morgan fingerprint density at radius 2 is 2.08 bits per heavy atom. The van der Waals surface area contributed by atoms with E-state index in [-0.39, 0.29) is 11.5 Å². The topological polar surface area (TPSA) is 54.5 Å². The number of ether oxygens (including phenoxy) is 1. The molecule has 25 heavy (non-hydrogen) atoms. The van der Waals surface area contributed by atoms with E-state index >= 15 is 0 Å². The molecule has 1 saturated carbocycles. The average Bonchev–Trinajstić information content (AvgIpc) is 3.40. The van der Waals surface area contributed by atoms with Crippen molar-refractivity contribution in [2.75, 3.05) is 19.6 Å². The van der Waals surface area contributed by atoms with Crippen LogP contribution in [0.5, 0.6) is 0 Å². The molecule has 3 aliphatic heterocycles. The second kappa shape index (κ2) is 6.06. The number of carbonyl (C=O) groups is 1. The van der Waals surface area contributed by atoms with Crippen LogP contribution >= 0.6 is 0 Å². The first-order valence-corrected chi connectivity index (χ1v) is 9.85. The van der Waals surface area contributed by atoms with Gasteiger partial charge in [-0.1, -0.05) is 12.8 Å². The summed E-state index contributed by atoms with van der Waals surface area (Å²) in [6, 6.07) is 4.31. The zero-order valence-corrected chi connectivity index (χ0v) is 14.7. The van der Waals surface area contributed by atoms with Gasteiger partial charge in [-0.15, -0.1) is 0 Å². The lowest BCUT2D eigenvalue weighted by atomic mass is 9.73. The molecule has 134 valence electrons. The molecule has 5 nitrogen and oxygen atoms in total. The second-order valence-electron chi connectivity index (χ2n) is 8.34. The monoisotopic (exact) mass is 341 g/mol. The van der Waals surface area contributed by atoms with Crippen LogP contribution in [0.2, 0.25) is 0 Å². The summed E-state index contributed by atoms with van der Waals surface area (Å²) in [7, 11) is 0. The zero-order chi connectivity index (χ0) is 16.9. The van der Waals surface area contributed by atoms with Crippen molar-refractivity contribution in [1.82, 2.24) is 15.2 Å². The molecule has 1 N–H and O–H groups in total. The zero-order valence-electron chi connectivity index (χ0n) is 14.7. The summed E-state index contributed by atoms with van der Waals surface area (Å²) in [6.45, 7) is 3.02. The molecule has 1 amide bonds. The van der Waals surface area contributed by atoms with Gasteiger partial charge in [-0.25, -0.2) is 0 Å². The van der Waals surface area contributed by atoms with Gasteiger partial charge in [-0.2, -0.15) is 0 Å². The minimum atomic E-state index is 0.00451. The Labute approximate surface area is 149 Å².